The third-order valence-electron chi connectivity index (χ3n) is 6.13. The zero-order valence-electron chi connectivity index (χ0n) is 21.7. The molecule has 8 heteroatoms. The lowest BCUT2D eigenvalue weighted by atomic mass is 9.93. The highest BCUT2D eigenvalue weighted by Crippen LogP contribution is 2.20. The maximum absolute atomic E-state index is 13.4. The number of carboxylic acids is 1. The SMILES string of the molecule is COCC(C[C@H](NC(=O)c1ccc(-c2ccccc2)cc1)C(=O)NC(C)(C)Cc1ccc(F)cc1)C(=O)O. The van der Waals surface area contributed by atoms with Crippen LogP contribution in [0.3, 0.4) is 0 Å². The zero-order valence-corrected chi connectivity index (χ0v) is 21.7. The molecule has 0 aliphatic carbocycles. The molecule has 0 saturated carbocycles. The van der Waals surface area contributed by atoms with Crippen molar-refractivity contribution >= 4 is 17.8 Å². The molecule has 0 aliphatic rings. The van der Waals surface area contributed by atoms with Gasteiger partial charge in [-0.15, -0.1) is 0 Å². The van der Waals surface area contributed by atoms with Crippen LogP contribution in [0.5, 0.6) is 0 Å². The van der Waals surface area contributed by atoms with Crippen LogP contribution >= 0.6 is 0 Å². The Morgan fingerprint density at radius 2 is 1.53 bits per heavy atom. The number of aliphatic carboxylic acids is 1. The summed E-state index contributed by atoms with van der Waals surface area (Å²) in [5.74, 6) is -3.50. The van der Waals surface area contributed by atoms with Gasteiger partial charge in [0, 0.05) is 18.2 Å². The number of hydrogen-bond donors (Lipinski definition) is 3. The molecule has 0 fully saturated rings. The first-order valence-electron chi connectivity index (χ1n) is 12.3. The Balaban J connectivity index is 1.77. The number of carbonyl (C=O) groups excluding carboxylic acids is 2. The lowest BCUT2D eigenvalue weighted by Gasteiger charge is -2.30. The molecule has 0 radical (unpaired) electrons. The third kappa shape index (κ3) is 8.24. The molecule has 0 aromatic heterocycles. The van der Waals surface area contributed by atoms with E-state index in [1.54, 1.807) is 38.1 Å². The summed E-state index contributed by atoms with van der Waals surface area (Å²) in [4.78, 5) is 38.2. The molecule has 0 aliphatic heterocycles. The van der Waals surface area contributed by atoms with Gasteiger partial charge in [-0.25, -0.2) is 4.39 Å². The van der Waals surface area contributed by atoms with Gasteiger partial charge in [0.2, 0.25) is 5.91 Å². The van der Waals surface area contributed by atoms with E-state index in [-0.39, 0.29) is 18.8 Å². The van der Waals surface area contributed by atoms with Gasteiger partial charge in [-0.3, -0.25) is 14.4 Å². The summed E-state index contributed by atoms with van der Waals surface area (Å²) in [6.45, 7) is 3.50. The number of nitrogens with one attached hydrogen (secondary N) is 2. The minimum atomic E-state index is -1.13. The number of carboxylic acid groups (broad SMARTS) is 1. The minimum absolute atomic E-state index is 0.111. The maximum atomic E-state index is 13.4. The van der Waals surface area contributed by atoms with Crippen LogP contribution in [-0.2, 0) is 20.7 Å². The molecule has 2 atom stereocenters. The van der Waals surface area contributed by atoms with Crippen LogP contribution < -0.4 is 10.6 Å². The molecule has 7 nitrogen and oxygen atoms in total. The number of ether oxygens (including phenoxy) is 1. The predicted molar refractivity (Wildman–Crippen MR) is 143 cm³/mol. The number of amides is 2. The summed E-state index contributed by atoms with van der Waals surface area (Å²) in [6.07, 6.45) is 0.247. The van der Waals surface area contributed by atoms with Crippen LogP contribution in [0.1, 0.15) is 36.2 Å². The van der Waals surface area contributed by atoms with Gasteiger partial charge < -0.3 is 20.5 Å². The van der Waals surface area contributed by atoms with Gasteiger partial charge in [-0.1, -0.05) is 54.6 Å². The van der Waals surface area contributed by atoms with E-state index in [0.29, 0.717) is 12.0 Å². The van der Waals surface area contributed by atoms with Crippen molar-refractivity contribution in [3.05, 3.63) is 95.8 Å². The second-order valence-electron chi connectivity index (χ2n) is 9.87. The van der Waals surface area contributed by atoms with E-state index in [2.05, 4.69) is 10.6 Å². The number of rotatable bonds is 12. The van der Waals surface area contributed by atoms with Gasteiger partial charge in [-0.2, -0.15) is 0 Å². The quantitative estimate of drug-likeness (QED) is 0.327. The molecular weight excluding hydrogens is 487 g/mol. The Hall–Kier alpha value is -4.04. The summed E-state index contributed by atoms with van der Waals surface area (Å²) in [6, 6.07) is 21.5. The van der Waals surface area contributed by atoms with Crippen molar-refractivity contribution in [2.24, 2.45) is 5.92 Å². The van der Waals surface area contributed by atoms with E-state index >= 15 is 0 Å². The van der Waals surface area contributed by atoms with Crippen molar-refractivity contribution in [1.82, 2.24) is 10.6 Å². The number of halogens is 1. The second-order valence-corrected chi connectivity index (χ2v) is 9.87. The Bertz CT molecular complexity index is 1230. The summed E-state index contributed by atoms with van der Waals surface area (Å²) < 4.78 is 18.3. The van der Waals surface area contributed by atoms with E-state index in [0.717, 1.165) is 16.7 Å². The first kappa shape index (κ1) is 28.5. The Morgan fingerprint density at radius 1 is 0.921 bits per heavy atom. The van der Waals surface area contributed by atoms with Gasteiger partial charge >= 0.3 is 5.97 Å². The van der Waals surface area contributed by atoms with Crippen LogP contribution in [0.25, 0.3) is 11.1 Å². The third-order valence-corrected chi connectivity index (χ3v) is 6.13. The normalized spacial score (nSPS) is 12.8. The fraction of sp³-hybridized carbons (Fsp3) is 0.300. The van der Waals surface area contributed by atoms with Gasteiger partial charge in [0.25, 0.3) is 5.91 Å². The molecule has 2 amide bonds. The topological polar surface area (TPSA) is 105 Å². The lowest BCUT2D eigenvalue weighted by molar-refractivity contribution is -0.144. The van der Waals surface area contributed by atoms with E-state index < -0.39 is 35.3 Å². The maximum Gasteiger partial charge on any atom is 0.308 e. The predicted octanol–water partition coefficient (Wildman–Crippen LogP) is 4.47. The summed E-state index contributed by atoms with van der Waals surface area (Å²) in [7, 11) is 1.38. The standard InChI is InChI=1S/C30H33FN2O5/c1-30(2,18-20-9-15-25(31)16-10-20)33-28(35)26(17-24(19-38-3)29(36)37)32-27(34)23-13-11-22(12-14-23)21-7-5-4-6-8-21/h4-16,24,26H,17-19H2,1-3H3,(H,32,34)(H,33,35)(H,36,37)/t24?,26-/m0/s1. The number of methoxy groups -OCH3 is 1. The van der Waals surface area contributed by atoms with Gasteiger partial charge in [0.05, 0.1) is 12.5 Å². The number of hydrogen-bond acceptors (Lipinski definition) is 4. The monoisotopic (exact) mass is 520 g/mol. The first-order chi connectivity index (χ1) is 18.1. The van der Waals surface area contributed by atoms with E-state index in [1.807, 2.05) is 42.5 Å². The summed E-state index contributed by atoms with van der Waals surface area (Å²) >= 11 is 0. The second kappa shape index (κ2) is 13.0. The highest BCUT2D eigenvalue weighted by atomic mass is 19.1. The highest BCUT2D eigenvalue weighted by molar-refractivity contribution is 5.98. The molecule has 3 rings (SSSR count). The van der Waals surface area contributed by atoms with Crippen LogP contribution in [0.4, 0.5) is 4.39 Å². The average Bonchev–Trinajstić information content (AvgIpc) is 2.89. The van der Waals surface area contributed by atoms with Crippen molar-refractivity contribution < 1.29 is 28.6 Å². The molecule has 3 N–H and O–H groups in total. The van der Waals surface area contributed by atoms with Crippen molar-refractivity contribution in [2.45, 2.75) is 38.3 Å². The first-order valence-corrected chi connectivity index (χ1v) is 12.3. The van der Waals surface area contributed by atoms with Gasteiger partial charge in [0.1, 0.15) is 11.9 Å². The minimum Gasteiger partial charge on any atom is -0.481 e. The highest BCUT2D eigenvalue weighted by Gasteiger charge is 2.32. The molecule has 3 aromatic rings. The van der Waals surface area contributed by atoms with Crippen LogP contribution in [0.2, 0.25) is 0 Å². The summed E-state index contributed by atoms with van der Waals surface area (Å²) in [5, 5.41) is 15.2. The van der Waals surface area contributed by atoms with E-state index in [4.69, 9.17) is 4.74 Å². The molecule has 3 aromatic carbocycles. The summed E-state index contributed by atoms with van der Waals surface area (Å²) in [5.41, 5.74) is 2.34. The van der Waals surface area contributed by atoms with Crippen LogP contribution in [0.15, 0.2) is 78.9 Å². The smallest absolute Gasteiger partial charge is 0.308 e. The van der Waals surface area contributed by atoms with E-state index in [9.17, 15) is 23.9 Å². The van der Waals surface area contributed by atoms with E-state index in [1.165, 1.54) is 19.2 Å². The van der Waals surface area contributed by atoms with Gasteiger partial charge in [-0.05, 0) is 67.6 Å². The zero-order chi connectivity index (χ0) is 27.7. The Labute approximate surface area is 222 Å². The van der Waals surface area contributed by atoms with Crippen LogP contribution in [0, 0.1) is 11.7 Å². The largest absolute Gasteiger partial charge is 0.481 e. The Morgan fingerprint density at radius 3 is 2.11 bits per heavy atom. The molecule has 38 heavy (non-hydrogen) atoms. The molecule has 0 saturated heterocycles. The molecule has 200 valence electrons. The average molecular weight is 521 g/mol. The molecule has 0 heterocycles. The lowest BCUT2D eigenvalue weighted by Crippen LogP contribution is -2.55. The fourth-order valence-electron chi connectivity index (χ4n) is 4.22. The molecule has 1 unspecified atom stereocenters. The van der Waals surface area contributed by atoms with Crippen LogP contribution in [-0.4, -0.2) is 48.2 Å². The van der Waals surface area contributed by atoms with Gasteiger partial charge in [0.15, 0.2) is 0 Å². The Kier molecular flexibility index (Phi) is 9.73. The number of benzene rings is 3. The number of carbonyl (C=O) groups is 3. The van der Waals surface area contributed by atoms with Crippen molar-refractivity contribution in [2.75, 3.05) is 13.7 Å². The molecule has 0 spiro atoms. The molecule has 0 bridgehead atoms. The van der Waals surface area contributed by atoms with Crippen molar-refractivity contribution in [3.8, 4) is 11.1 Å². The molecular formula is C30H33FN2O5. The van der Waals surface area contributed by atoms with Crippen molar-refractivity contribution in [3.63, 3.8) is 0 Å². The van der Waals surface area contributed by atoms with Crippen molar-refractivity contribution in [1.29, 1.82) is 0 Å². The fourth-order valence-corrected chi connectivity index (χ4v) is 4.22.